The van der Waals surface area contributed by atoms with E-state index in [4.69, 9.17) is 14.2 Å². The van der Waals surface area contributed by atoms with Crippen molar-refractivity contribution >= 4 is 11.9 Å². The zero-order valence-corrected chi connectivity index (χ0v) is 42.8. The van der Waals surface area contributed by atoms with Crippen molar-refractivity contribution in [1.82, 2.24) is 5.32 Å². The number of aliphatic hydroxyl groups is 5. The van der Waals surface area contributed by atoms with Crippen molar-refractivity contribution in [2.75, 3.05) is 19.8 Å². The van der Waals surface area contributed by atoms with Crippen LogP contribution in [0.4, 0.5) is 0 Å². The molecule has 1 aliphatic heterocycles. The van der Waals surface area contributed by atoms with E-state index in [0.717, 1.165) is 109 Å². The van der Waals surface area contributed by atoms with E-state index in [-0.39, 0.29) is 18.5 Å². The van der Waals surface area contributed by atoms with E-state index in [1.165, 1.54) is 77.0 Å². The van der Waals surface area contributed by atoms with Gasteiger partial charge in [0.05, 0.1) is 32.0 Å². The summed E-state index contributed by atoms with van der Waals surface area (Å²) < 4.78 is 16.6. The molecular formula is C57H99NO10. The molecule has 1 aliphatic rings. The lowest BCUT2D eigenvalue weighted by molar-refractivity contribution is -0.302. The molecule has 11 nitrogen and oxygen atoms in total. The molecule has 0 spiro atoms. The van der Waals surface area contributed by atoms with Gasteiger partial charge in [-0.15, -0.1) is 0 Å². The van der Waals surface area contributed by atoms with Gasteiger partial charge in [0.25, 0.3) is 0 Å². The molecule has 0 bridgehead atoms. The largest absolute Gasteiger partial charge is 0.466 e. The van der Waals surface area contributed by atoms with Crippen LogP contribution in [0.2, 0.25) is 0 Å². The number of aliphatic hydroxyl groups excluding tert-OH is 5. The van der Waals surface area contributed by atoms with Gasteiger partial charge in [-0.3, -0.25) is 9.59 Å². The highest BCUT2D eigenvalue weighted by molar-refractivity contribution is 5.76. The standard InChI is InChI=1S/C57H99NO10/c1-3-5-7-9-11-13-14-15-22-25-29-33-37-41-45-53(62)66-46-42-38-34-30-26-23-20-18-16-17-19-21-24-28-32-36-40-44-52(61)58-49(50(60)43-39-35-31-27-12-10-8-6-4-2)48-67-57-56(65)55(64)54(63)51(47-59)68-57/h9,11-12,14-16,18,23,26-27,39,43,49-51,54-57,59-60,63-65H,3-8,10,13,17,19-22,24-25,28-38,40-42,44-48H2,1-2H3,(H,58,61)/b11-9-,15-14-,18-16-,26-23-,27-12+,43-39+. The Hall–Kier alpha value is -2.90. The third-order valence-electron chi connectivity index (χ3n) is 12.3. The number of rotatable bonds is 45. The molecule has 7 unspecified atom stereocenters. The zero-order chi connectivity index (χ0) is 49.6. The number of allylic oxidation sites excluding steroid dienone is 11. The van der Waals surface area contributed by atoms with Crippen molar-refractivity contribution in [3.05, 3.63) is 72.9 Å². The smallest absolute Gasteiger partial charge is 0.305 e. The number of carbonyl (C=O) groups excluding carboxylic acids is 2. The fourth-order valence-electron chi connectivity index (χ4n) is 7.85. The van der Waals surface area contributed by atoms with E-state index in [2.05, 4.69) is 79.9 Å². The first-order valence-corrected chi connectivity index (χ1v) is 27.2. The third-order valence-corrected chi connectivity index (χ3v) is 12.3. The molecule has 0 aromatic rings. The van der Waals surface area contributed by atoms with Crippen LogP contribution in [0.1, 0.15) is 213 Å². The molecule has 6 N–H and O–H groups in total. The third kappa shape index (κ3) is 36.1. The van der Waals surface area contributed by atoms with Gasteiger partial charge in [-0.2, -0.15) is 0 Å². The summed E-state index contributed by atoms with van der Waals surface area (Å²) in [5.74, 6) is -0.263. The monoisotopic (exact) mass is 958 g/mol. The fraction of sp³-hybridized carbons (Fsp3) is 0.754. The number of hydrogen-bond acceptors (Lipinski definition) is 10. The first kappa shape index (κ1) is 63.1. The van der Waals surface area contributed by atoms with Crippen LogP contribution in [0.15, 0.2) is 72.9 Å². The van der Waals surface area contributed by atoms with Gasteiger partial charge in [0.15, 0.2) is 6.29 Å². The second-order valence-electron chi connectivity index (χ2n) is 18.6. The van der Waals surface area contributed by atoms with Gasteiger partial charge in [-0.25, -0.2) is 0 Å². The number of esters is 1. The first-order valence-electron chi connectivity index (χ1n) is 27.2. The normalized spacial score (nSPS) is 20.0. The molecule has 0 aromatic carbocycles. The molecule has 1 heterocycles. The minimum Gasteiger partial charge on any atom is -0.466 e. The van der Waals surface area contributed by atoms with E-state index in [1.807, 2.05) is 6.08 Å². The number of ether oxygens (including phenoxy) is 3. The Bertz CT molecular complexity index is 1360. The Balaban J connectivity index is 2.12. The van der Waals surface area contributed by atoms with E-state index in [9.17, 15) is 35.1 Å². The molecule has 392 valence electrons. The zero-order valence-electron chi connectivity index (χ0n) is 42.8. The average Bonchev–Trinajstić information content (AvgIpc) is 3.33. The molecule has 11 heteroatoms. The summed E-state index contributed by atoms with van der Waals surface area (Å²) in [6.07, 6.45) is 50.0. The number of carbonyl (C=O) groups is 2. The Morgan fingerprint density at radius 3 is 1.59 bits per heavy atom. The maximum absolute atomic E-state index is 13.0. The SMILES string of the molecule is CCCC/C=C\C/C=C\CCCCCCCC(=O)OCCCCC/C=C\C/C=C\CCCCCCCCCC(=O)NC(COC1OC(CO)C(O)C(O)C1O)C(O)/C=C/CC/C=C/CCCCC. The lowest BCUT2D eigenvalue weighted by atomic mass is 9.99. The quantitative estimate of drug-likeness (QED) is 0.0196. The summed E-state index contributed by atoms with van der Waals surface area (Å²) in [5, 5.41) is 54.1. The van der Waals surface area contributed by atoms with Gasteiger partial charge in [0.1, 0.15) is 24.4 Å². The second-order valence-corrected chi connectivity index (χ2v) is 18.6. The highest BCUT2D eigenvalue weighted by atomic mass is 16.7. The fourth-order valence-corrected chi connectivity index (χ4v) is 7.85. The Morgan fingerprint density at radius 2 is 1.01 bits per heavy atom. The van der Waals surface area contributed by atoms with Gasteiger partial charge < -0.3 is 45.1 Å². The van der Waals surface area contributed by atoms with E-state index in [1.54, 1.807) is 6.08 Å². The molecule has 7 atom stereocenters. The van der Waals surface area contributed by atoms with Crippen molar-refractivity contribution in [2.24, 2.45) is 0 Å². The van der Waals surface area contributed by atoms with E-state index in [0.29, 0.717) is 19.4 Å². The predicted molar refractivity (Wildman–Crippen MR) is 278 cm³/mol. The summed E-state index contributed by atoms with van der Waals surface area (Å²) in [5.41, 5.74) is 0. The van der Waals surface area contributed by atoms with Crippen LogP contribution in [0, 0.1) is 0 Å². The molecule has 0 radical (unpaired) electrons. The highest BCUT2D eigenvalue weighted by Gasteiger charge is 2.44. The Morgan fingerprint density at radius 1 is 0.544 bits per heavy atom. The van der Waals surface area contributed by atoms with Crippen LogP contribution in [0.25, 0.3) is 0 Å². The van der Waals surface area contributed by atoms with E-state index < -0.39 is 49.5 Å². The van der Waals surface area contributed by atoms with Crippen LogP contribution >= 0.6 is 0 Å². The van der Waals surface area contributed by atoms with E-state index >= 15 is 0 Å². The van der Waals surface area contributed by atoms with Crippen molar-refractivity contribution in [1.29, 1.82) is 0 Å². The van der Waals surface area contributed by atoms with Crippen LogP contribution in [-0.2, 0) is 23.8 Å². The Labute approximate surface area is 413 Å². The molecule has 0 aliphatic carbocycles. The van der Waals surface area contributed by atoms with Crippen LogP contribution in [0.3, 0.4) is 0 Å². The maximum Gasteiger partial charge on any atom is 0.305 e. The van der Waals surface area contributed by atoms with Crippen LogP contribution in [0.5, 0.6) is 0 Å². The van der Waals surface area contributed by atoms with Crippen LogP contribution < -0.4 is 5.32 Å². The number of nitrogens with one attached hydrogen (secondary N) is 1. The van der Waals surface area contributed by atoms with Crippen molar-refractivity contribution < 1.29 is 49.3 Å². The maximum atomic E-state index is 13.0. The molecule has 0 saturated carbocycles. The minimum atomic E-state index is -1.58. The molecule has 0 aromatic heterocycles. The van der Waals surface area contributed by atoms with Gasteiger partial charge >= 0.3 is 5.97 Å². The van der Waals surface area contributed by atoms with Crippen molar-refractivity contribution in [3.63, 3.8) is 0 Å². The molecule has 1 rings (SSSR count). The molecule has 1 saturated heterocycles. The summed E-state index contributed by atoms with van der Waals surface area (Å²) in [4.78, 5) is 25.0. The molecule has 68 heavy (non-hydrogen) atoms. The molecule has 1 fully saturated rings. The summed E-state index contributed by atoms with van der Waals surface area (Å²) in [7, 11) is 0. The molecule has 1 amide bonds. The first-order chi connectivity index (χ1) is 33.2. The number of unbranched alkanes of at least 4 members (excludes halogenated alkanes) is 21. The Kier molecular flexibility index (Phi) is 43.1. The lowest BCUT2D eigenvalue weighted by Gasteiger charge is -2.40. The van der Waals surface area contributed by atoms with Crippen molar-refractivity contribution in [3.8, 4) is 0 Å². The van der Waals surface area contributed by atoms with Crippen LogP contribution in [-0.4, -0.2) is 100 Å². The number of hydrogen-bond donors (Lipinski definition) is 6. The van der Waals surface area contributed by atoms with Gasteiger partial charge in [0.2, 0.25) is 5.91 Å². The predicted octanol–water partition coefficient (Wildman–Crippen LogP) is 11.7. The lowest BCUT2D eigenvalue weighted by Crippen LogP contribution is -2.60. The number of amides is 1. The average molecular weight is 958 g/mol. The van der Waals surface area contributed by atoms with Gasteiger partial charge in [0, 0.05) is 12.8 Å². The summed E-state index contributed by atoms with van der Waals surface area (Å²) >= 11 is 0. The molecular weight excluding hydrogens is 859 g/mol. The highest BCUT2D eigenvalue weighted by Crippen LogP contribution is 2.22. The summed E-state index contributed by atoms with van der Waals surface area (Å²) in [6.45, 7) is 4.14. The van der Waals surface area contributed by atoms with Crippen molar-refractivity contribution in [2.45, 2.75) is 256 Å². The van der Waals surface area contributed by atoms with Gasteiger partial charge in [-0.05, 0) is 109 Å². The summed E-state index contributed by atoms with van der Waals surface area (Å²) in [6, 6.07) is -0.840. The second kappa shape index (κ2) is 46.5. The minimum absolute atomic E-state index is 0.0493. The topological polar surface area (TPSA) is 175 Å². The van der Waals surface area contributed by atoms with Gasteiger partial charge in [-0.1, -0.05) is 164 Å².